The summed E-state index contributed by atoms with van der Waals surface area (Å²) in [5.41, 5.74) is 2.11. The maximum atomic E-state index is 12.2. The molecule has 0 aliphatic carbocycles. The van der Waals surface area contributed by atoms with Gasteiger partial charge in [-0.15, -0.1) is 0 Å². The second-order valence-corrected chi connectivity index (χ2v) is 6.61. The highest BCUT2D eigenvalue weighted by molar-refractivity contribution is 7.16. The summed E-state index contributed by atoms with van der Waals surface area (Å²) in [7, 11) is 0. The van der Waals surface area contributed by atoms with Crippen molar-refractivity contribution in [3.8, 4) is 5.75 Å². The topological polar surface area (TPSA) is 31.2 Å². The van der Waals surface area contributed by atoms with Crippen LogP contribution in [0.2, 0.25) is 0 Å². The number of hydrogen-bond donors (Lipinski definition) is 0. The molecule has 0 atom stereocenters. The van der Waals surface area contributed by atoms with E-state index >= 15 is 0 Å². The Hall–Kier alpha value is -2.07. The molecule has 0 amide bonds. The van der Waals surface area contributed by atoms with E-state index in [1.165, 1.54) is 24.2 Å². The van der Waals surface area contributed by atoms with Crippen LogP contribution in [0.5, 0.6) is 5.75 Å². The van der Waals surface area contributed by atoms with Crippen molar-refractivity contribution in [1.82, 2.24) is 4.57 Å². The van der Waals surface area contributed by atoms with Crippen molar-refractivity contribution in [1.29, 1.82) is 0 Å². The van der Waals surface area contributed by atoms with E-state index in [0.717, 1.165) is 34.6 Å². The fraction of sp³-hybridized carbons (Fsp3) is 0.316. The maximum absolute atomic E-state index is 12.2. The van der Waals surface area contributed by atoms with Crippen LogP contribution in [0.3, 0.4) is 0 Å². The molecule has 0 radical (unpaired) electrons. The van der Waals surface area contributed by atoms with Crippen LogP contribution >= 0.6 is 11.3 Å². The number of aromatic nitrogens is 1. The molecule has 3 nitrogen and oxygen atoms in total. The predicted octanol–water partition coefficient (Wildman–Crippen LogP) is 4.68. The van der Waals surface area contributed by atoms with Gasteiger partial charge in [-0.05, 0) is 36.2 Å². The summed E-state index contributed by atoms with van der Waals surface area (Å²) >= 11 is 1.30. The van der Waals surface area contributed by atoms with E-state index in [4.69, 9.17) is 4.74 Å². The maximum Gasteiger partial charge on any atom is 0.308 e. The van der Waals surface area contributed by atoms with Gasteiger partial charge in [0.15, 0.2) is 0 Å². The first-order valence-corrected chi connectivity index (χ1v) is 8.89. The molecule has 0 unspecified atom stereocenters. The number of nitrogens with zero attached hydrogens (tertiary/aromatic N) is 1. The largest absolute Gasteiger partial charge is 0.494 e. The van der Waals surface area contributed by atoms with E-state index < -0.39 is 0 Å². The molecule has 0 spiro atoms. The van der Waals surface area contributed by atoms with Crippen LogP contribution < -0.4 is 9.61 Å². The first-order valence-electron chi connectivity index (χ1n) is 8.08. The highest BCUT2D eigenvalue weighted by atomic mass is 32.1. The molecule has 3 aromatic rings. The van der Waals surface area contributed by atoms with Crippen molar-refractivity contribution >= 4 is 21.6 Å². The molecule has 0 saturated heterocycles. The van der Waals surface area contributed by atoms with E-state index in [9.17, 15) is 4.79 Å². The summed E-state index contributed by atoms with van der Waals surface area (Å²) in [4.78, 5) is 12.3. The van der Waals surface area contributed by atoms with Crippen LogP contribution in [0.25, 0.3) is 10.2 Å². The Balaban J connectivity index is 1.70. The third kappa shape index (κ3) is 3.82. The van der Waals surface area contributed by atoms with Gasteiger partial charge in [-0.2, -0.15) is 0 Å². The summed E-state index contributed by atoms with van der Waals surface area (Å²) in [6.07, 6.45) is 3.49. The average molecular weight is 327 g/mol. The summed E-state index contributed by atoms with van der Waals surface area (Å²) in [5, 5.41) is 0. The van der Waals surface area contributed by atoms with E-state index in [-0.39, 0.29) is 4.87 Å². The van der Waals surface area contributed by atoms with E-state index in [2.05, 4.69) is 6.92 Å². The van der Waals surface area contributed by atoms with Crippen molar-refractivity contribution in [2.75, 3.05) is 6.61 Å². The van der Waals surface area contributed by atoms with Gasteiger partial charge in [-0.25, -0.2) is 0 Å². The number of unbranched alkanes of at least 4 members (excludes halogenated alkanes) is 2. The number of hydrogen-bond acceptors (Lipinski definition) is 3. The van der Waals surface area contributed by atoms with Gasteiger partial charge in [-0.3, -0.25) is 9.36 Å². The van der Waals surface area contributed by atoms with Crippen LogP contribution in [0.1, 0.15) is 31.7 Å². The van der Waals surface area contributed by atoms with Gasteiger partial charge in [0.1, 0.15) is 5.75 Å². The molecular formula is C19H21NO2S. The third-order valence-corrected chi connectivity index (χ3v) is 4.81. The molecule has 0 aliphatic rings. The Morgan fingerprint density at radius 3 is 2.61 bits per heavy atom. The minimum Gasteiger partial charge on any atom is -0.494 e. The lowest BCUT2D eigenvalue weighted by Crippen LogP contribution is -2.13. The Morgan fingerprint density at radius 1 is 1.04 bits per heavy atom. The smallest absolute Gasteiger partial charge is 0.308 e. The van der Waals surface area contributed by atoms with Crippen molar-refractivity contribution in [3.05, 3.63) is 63.8 Å². The average Bonchev–Trinajstić information content (AvgIpc) is 2.89. The first-order chi connectivity index (χ1) is 11.3. The Morgan fingerprint density at radius 2 is 1.83 bits per heavy atom. The molecule has 1 heterocycles. The number of ether oxygens (including phenoxy) is 1. The Labute approximate surface area is 140 Å². The van der Waals surface area contributed by atoms with Gasteiger partial charge < -0.3 is 4.74 Å². The van der Waals surface area contributed by atoms with Gasteiger partial charge in [0, 0.05) is 0 Å². The molecular weight excluding hydrogens is 306 g/mol. The van der Waals surface area contributed by atoms with Crippen molar-refractivity contribution in [2.45, 2.75) is 32.7 Å². The number of thiazole rings is 1. The Kier molecular flexibility index (Phi) is 5.13. The molecule has 3 rings (SSSR count). The zero-order chi connectivity index (χ0) is 16.1. The quantitative estimate of drug-likeness (QED) is 0.590. The fourth-order valence-electron chi connectivity index (χ4n) is 2.58. The van der Waals surface area contributed by atoms with Crippen LogP contribution in [-0.4, -0.2) is 11.2 Å². The van der Waals surface area contributed by atoms with Gasteiger partial charge in [0.05, 0.1) is 23.4 Å². The number of para-hydroxylation sites is 1. The molecule has 23 heavy (non-hydrogen) atoms. The first kappa shape index (κ1) is 15.8. The van der Waals surface area contributed by atoms with Crippen LogP contribution in [0.15, 0.2) is 53.3 Å². The molecule has 0 saturated carbocycles. The van der Waals surface area contributed by atoms with Gasteiger partial charge in [0.2, 0.25) is 0 Å². The molecule has 0 aliphatic heterocycles. The van der Waals surface area contributed by atoms with Gasteiger partial charge >= 0.3 is 4.87 Å². The molecule has 0 bridgehead atoms. The molecule has 120 valence electrons. The van der Waals surface area contributed by atoms with Crippen molar-refractivity contribution < 1.29 is 4.74 Å². The Bertz CT molecular complexity index is 817. The fourth-order valence-corrected chi connectivity index (χ4v) is 3.47. The normalized spacial score (nSPS) is 11.0. The standard InChI is InChI=1S/C19H21NO2S/c1-2-3-6-13-22-16-11-9-15(10-12-16)14-20-17-7-4-5-8-18(17)23-19(20)21/h4-5,7-12H,2-3,6,13-14H2,1H3. The van der Waals surface area contributed by atoms with Crippen LogP contribution in [-0.2, 0) is 6.54 Å². The van der Waals surface area contributed by atoms with Crippen molar-refractivity contribution in [2.24, 2.45) is 0 Å². The number of benzene rings is 2. The lowest BCUT2D eigenvalue weighted by Gasteiger charge is -2.08. The minimum atomic E-state index is 0.0890. The summed E-state index contributed by atoms with van der Waals surface area (Å²) < 4.78 is 8.59. The lowest BCUT2D eigenvalue weighted by atomic mass is 10.2. The van der Waals surface area contributed by atoms with E-state index in [0.29, 0.717) is 6.54 Å². The SMILES string of the molecule is CCCCCOc1ccc(Cn2c(=O)sc3ccccc32)cc1. The van der Waals surface area contributed by atoms with Crippen molar-refractivity contribution in [3.63, 3.8) is 0 Å². The second kappa shape index (κ2) is 7.47. The summed E-state index contributed by atoms with van der Waals surface area (Å²) in [5.74, 6) is 0.896. The summed E-state index contributed by atoms with van der Waals surface area (Å²) in [6.45, 7) is 3.55. The monoisotopic (exact) mass is 327 g/mol. The van der Waals surface area contributed by atoms with E-state index in [1.807, 2.05) is 53.1 Å². The third-order valence-electron chi connectivity index (χ3n) is 3.85. The molecule has 2 aromatic carbocycles. The van der Waals surface area contributed by atoms with Crippen LogP contribution in [0, 0.1) is 0 Å². The van der Waals surface area contributed by atoms with Gasteiger partial charge in [-0.1, -0.05) is 55.4 Å². The molecule has 1 aromatic heterocycles. The highest BCUT2D eigenvalue weighted by Gasteiger charge is 2.07. The van der Waals surface area contributed by atoms with E-state index in [1.54, 1.807) is 0 Å². The van der Waals surface area contributed by atoms with Gasteiger partial charge in [0.25, 0.3) is 0 Å². The zero-order valence-electron chi connectivity index (χ0n) is 13.3. The number of rotatable bonds is 7. The predicted molar refractivity (Wildman–Crippen MR) is 96.6 cm³/mol. The molecule has 0 fully saturated rings. The lowest BCUT2D eigenvalue weighted by molar-refractivity contribution is 0.306. The molecule has 0 N–H and O–H groups in total. The second-order valence-electron chi connectivity index (χ2n) is 5.62. The summed E-state index contributed by atoms with van der Waals surface area (Å²) in [6, 6.07) is 16.0. The molecule has 4 heteroatoms. The van der Waals surface area contributed by atoms with Crippen LogP contribution in [0.4, 0.5) is 0 Å². The minimum absolute atomic E-state index is 0.0890. The zero-order valence-corrected chi connectivity index (χ0v) is 14.1. The highest BCUT2D eigenvalue weighted by Crippen LogP contribution is 2.19. The number of fused-ring (bicyclic) bond motifs is 1.